The highest BCUT2D eigenvalue weighted by Gasteiger charge is 2.14. The average molecular weight is 258 g/mol. The monoisotopic (exact) mass is 257 g/mol. The number of nitrogens with zero attached hydrogens (tertiary/aromatic N) is 3. The average Bonchev–Trinajstić information content (AvgIpc) is 2.77. The van der Waals surface area contributed by atoms with E-state index in [0.717, 1.165) is 28.2 Å². The number of halogens is 1. The summed E-state index contributed by atoms with van der Waals surface area (Å²) >= 11 is 6.06. The molecule has 0 radical (unpaired) electrons. The topological polar surface area (TPSA) is 30.2 Å². The summed E-state index contributed by atoms with van der Waals surface area (Å²) in [5.41, 5.74) is 4.75. The molecule has 0 aliphatic carbocycles. The number of fused-ring (bicyclic) bond motifs is 1. The number of hydrogen-bond acceptors (Lipinski definition) is 2. The summed E-state index contributed by atoms with van der Waals surface area (Å²) in [4.78, 5) is 4.51. The summed E-state index contributed by atoms with van der Waals surface area (Å²) in [6.07, 6.45) is 1.92. The van der Waals surface area contributed by atoms with Gasteiger partial charge in [-0.2, -0.15) is 5.10 Å². The highest BCUT2D eigenvalue weighted by Crippen LogP contribution is 2.26. The predicted molar refractivity (Wildman–Crippen MR) is 72.7 cm³/mol. The van der Waals surface area contributed by atoms with Crippen molar-refractivity contribution >= 4 is 17.2 Å². The Bertz CT molecular complexity index is 689. The summed E-state index contributed by atoms with van der Waals surface area (Å²) in [5.74, 6) is 0.407. The maximum atomic E-state index is 6.06. The molecule has 2 aromatic heterocycles. The number of aromatic nitrogens is 3. The van der Waals surface area contributed by atoms with Crippen molar-refractivity contribution in [2.75, 3.05) is 0 Å². The van der Waals surface area contributed by atoms with E-state index < -0.39 is 0 Å². The first-order valence-corrected chi connectivity index (χ1v) is 6.29. The molecular weight excluding hydrogens is 246 g/mol. The Hall–Kier alpha value is -1.87. The molecule has 0 saturated heterocycles. The van der Waals surface area contributed by atoms with E-state index in [0.29, 0.717) is 5.88 Å². The first-order chi connectivity index (χ1) is 8.79. The van der Waals surface area contributed by atoms with Crippen LogP contribution in [0.2, 0.25) is 0 Å². The number of benzene rings is 1. The Morgan fingerprint density at radius 3 is 2.67 bits per heavy atom. The molecule has 0 spiro atoms. The minimum Gasteiger partial charge on any atom is -0.234 e. The van der Waals surface area contributed by atoms with Crippen LogP contribution in [-0.2, 0) is 5.88 Å². The van der Waals surface area contributed by atoms with Gasteiger partial charge in [-0.05, 0) is 13.0 Å². The first-order valence-electron chi connectivity index (χ1n) is 5.76. The van der Waals surface area contributed by atoms with Crippen LogP contribution in [-0.4, -0.2) is 14.6 Å². The number of aryl methyl sites for hydroxylation is 1. The summed E-state index contributed by atoms with van der Waals surface area (Å²) in [5, 5.41) is 4.56. The van der Waals surface area contributed by atoms with Crippen LogP contribution in [0.15, 0.2) is 42.6 Å². The molecule has 90 valence electrons. The van der Waals surface area contributed by atoms with E-state index in [9.17, 15) is 0 Å². The van der Waals surface area contributed by atoms with Crippen molar-refractivity contribution in [1.82, 2.24) is 14.6 Å². The van der Waals surface area contributed by atoms with Crippen LogP contribution in [0, 0.1) is 6.92 Å². The van der Waals surface area contributed by atoms with E-state index in [1.807, 2.05) is 49.5 Å². The van der Waals surface area contributed by atoms with Crippen LogP contribution in [0.1, 0.15) is 11.3 Å². The molecule has 3 nitrogen and oxygen atoms in total. The molecule has 1 aromatic carbocycles. The van der Waals surface area contributed by atoms with Gasteiger partial charge in [-0.25, -0.2) is 9.50 Å². The SMILES string of the molecule is Cc1ccn2nc(-c3ccccc3)c(CCl)c2n1. The van der Waals surface area contributed by atoms with Crippen molar-refractivity contribution in [3.05, 3.63) is 53.9 Å². The number of hydrogen-bond donors (Lipinski definition) is 0. The summed E-state index contributed by atoms with van der Waals surface area (Å²) in [6, 6.07) is 12.0. The molecule has 0 aliphatic heterocycles. The van der Waals surface area contributed by atoms with Crippen LogP contribution < -0.4 is 0 Å². The van der Waals surface area contributed by atoms with Gasteiger partial charge in [-0.3, -0.25) is 0 Å². The minimum atomic E-state index is 0.407. The Morgan fingerprint density at radius 2 is 1.94 bits per heavy atom. The molecule has 0 saturated carbocycles. The molecule has 0 aliphatic rings. The van der Waals surface area contributed by atoms with E-state index in [1.54, 1.807) is 4.52 Å². The zero-order valence-electron chi connectivity index (χ0n) is 9.97. The Kier molecular flexibility index (Phi) is 2.76. The number of alkyl halides is 1. The molecule has 0 N–H and O–H groups in total. The summed E-state index contributed by atoms with van der Waals surface area (Å²) in [7, 11) is 0. The second kappa shape index (κ2) is 4.42. The molecule has 0 bridgehead atoms. The third kappa shape index (κ3) is 1.77. The second-order valence-corrected chi connectivity index (χ2v) is 4.43. The largest absolute Gasteiger partial charge is 0.234 e. The van der Waals surface area contributed by atoms with Gasteiger partial charge >= 0.3 is 0 Å². The highest BCUT2D eigenvalue weighted by atomic mass is 35.5. The predicted octanol–water partition coefficient (Wildman–Crippen LogP) is 3.44. The van der Waals surface area contributed by atoms with E-state index in [-0.39, 0.29) is 0 Å². The van der Waals surface area contributed by atoms with Crippen molar-refractivity contribution in [3.8, 4) is 11.3 Å². The third-order valence-corrected chi connectivity index (χ3v) is 3.17. The first kappa shape index (κ1) is 11.2. The molecule has 0 atom stereocenters. The van der Waals surface area contributed by atoms with Gasteiger partial charge in [-0.1, -0.05) is 30.3 Å². The smallest absolute Gasteiger partial charge is 0.160 e. The zero-order chi connectivity index (χ0) is 12.5. The normalized spacial score (nSPS) is 11.0. The van der Waals surface area contributed by atoms with E-state index in [2.05, 4.69) is 10.1 Å². The molecular formula is C14H12ClN3. The fourth-order valence-corrected chi connectivity index (χ4v) is 2.26. The summed E-state index contributed by atoms with van der Waals surface area (Å²) < 4.78 is 1.78. The van der Waals surface area contributed by atoms with Gasteiger partial charge in [0.15, 0.2) is 5.65 Å². The van der Waals surface area contributed by atoms with Gasteiger partial charge in [0.25, 0.3) is 0 Å². The quantitative estimate of drug-likeness (QED) is 0.659. The fraction of sp³-hybridized carbons (Fsp3) is 0.143. The minimum absolute atomic E-state index is 0.407. The second-order valence-electron chi connectivity index (χ2n) is 4.16. The number of rotatable bonds is 2. The molecule has 0 fully saturated rings. The van der Waals surface area contributed by atoms with Crippen LogP contribution in [0.3, 0.4) is 0 Å². The lowest BCUT2D eigenvalue weighted by molar-refractivity contribution is 0.933. The van der Waals surface area contributed by atoms with Gasteiger partial charge in [-0.15, -0.1) is 11.6 Å². The zero-order valence-corrected chi connectivity index (χ0v) is 10.7. The Balaban J connectivity index is 2.30. The standard InChI is InChI=1S/C14H12ClN3/c1-10-7-8-18-14(16-10)12(9-15)13(17-18)11-5-3-2-4-6-11/h2-8H,9H2,1H3. The van der Waals surface area contributed by atoms with Gasteiger partial charge in [0.05, 0.1) is 11.6 Å². The Labute approximate surface area is 110 Å². The molecule has 2 heterocycles. The van der Waals surface area contributed by atoms with Crippen LogP contribution in [0.4, 0.5) is 0 Å². The van der Waals surface area contributed by atoms with Crippen molar-refractivity contribution in [2.24, 2.45) is 0 Å². The molecule has 18 heavy (non-hydrogen) atoms. The van der Waals surface area contributed by atoms with Crippen molar-refractivity contribution in [3.63, 3.8) is 0 Å². The maximum Gasteiger partial charge on any atom is 0.160 e. The molecule has 3 rings (SSSR count). The maximum absolute atomic E-state index is 6.06. The van der Waals surface area contributed by atoms with Crippen LogP contribution in [0.25, 0.3) is 16.9 Å². The van der Waals surface area contributed by atoms with E-state index in [1.165, 1.54) is 0 Å². The van der Waals surface area contributed by atoms with Crippen molar-refractivity contribution in [1.29, 1.82) is 0 Å². The van der Waals surface area contributed by atoms with Gasteiger partial charge in [0, 0.05) is 23.0 Å². The Morgan fingerprint density at radius 1 is 1.17 bits per heavy atom. The van der Waals surface area contributed by atoms with E-state index >= 15 is 0 Å². The van der Waals surface area contributed by atoms with Gasteiger partial charge in [0.2, 0.25) is 0 Å². The van der Waals surface area contributed by atoms with Crippen LogP contribution in [0.5, 0.6) is 0 Å². The lowest BCUT2D eigenvalue weighted by atomic mass is 10.1. The van der Waals surface area contributed by atoms with Gasteiger partial charge in [0.1, 0.15) is 0 Å². The lowest BCUT2D eigenvalue weighted by Gasteiger charge is -1.98. The molecule has 0 unspecified atom stereocenters. The van der Waals surface area contributed by atoms with Crippen molar-refractivity contribution < 1.29 is 0 Å². The van der Waals surface area contributed by atoms with Gasteiger partial charge < -0.3 is 0 Å². The highest BCUT2D eigenvalue weighted by molar-refractivity contribution is 6.18. The third-order valence-electron chi connectivity index (χ3n) is 2.90. The molecule has 0 amide bonds. The van der Waals surface area contributed by atoms with E-state index in [4.69, 9.17) is 11.6 Å². The fourth-order valence-electron chi connectivity index (χ4n) is 2.02. The molecule has 4 heteroatoms. The lowest BCUT2D eigenvalue weighted by Crippen LogP contribution is -1.91. The van der Waals surface area contributed by atoms with Crippen LogP contribution >= 0.6 is 11.6 Å². The summed E-state index contributed by atoms with van der Waals surface area (Å²) in [6.45, 7) is 1.97. The molecule has 3 aromatic rings. The van der Waals surface area contributed by atoms with Crippen molar-refractivity contribution in [2.45, 2.75) is 12.8 Å².